The average Bonchev–Trinajstić information content (AvgIpc) is 2.31. The van der Waals surface area contributed by atoms with E-state index in [1.54, 1.807) is 0 Å². The number of pyridine rings is 1. The van der Waals surface area contributed by atoms with Gasteiger partial charge in [-0.1, -0.05) is 32.4 Å². The molecule has 0 saturated carbocycles. The Balaban J connectivity index is 2.66. The van der Waals surface area contributed by atoms with Crippen LogP contribution in [0.2, 0.25) is 5.15 Å². The van der Waals surface area contributed by atoms with E-state index in [2.05, 4.69) is 41.8 Å². The van der Waals surface area contributed by atoms with Gasteiger partial charge in [-0.3, -0.25) is 4.98 Å². The molecule has 0 bridgehead atoms. The summed E-state index contributed by atoms with van der Waals surface area (Å²) in [5, 5.41) is 0.511. The molecule has 0 N–H and O–H groups in total. The van der Waals surface area contributed by atoms with Crippen LogP contribution in [0.3, 0.4) is 0 Å². The van der Waals surface area contributed by atoms with Crippen LogP contribution in [-0.4, -0.2) is 15.0 Å². The van der Waals surface area contributed by atoms with Crippen molar-refractivity contribution in [1.29, 1.82) is 0 Å². The van der Waals surface area contributed by atoms with Gasteiger partial charge in [-0.25, -0.2) is 9.97 Å². The largest absolute Gasteiger partial charge is 0.264 e. The zero-order chi connectivity index (χ0) is 14.2. The first-order valence-electron chi connectivity index (χ1n) is 6.25. The Morgan fingerprint density at radius 3 is 2.32 bits per heavy atom. The molecule has 0 aromatic carbocycles. The van der Waals surface area contributed by atoms with Crippen molar-refractivity contribution in [3.8, 4) is 11.3 Å². The van der Waals surface area contributed by atoms with Gasteiger partial charge in [0.1, 0.15) is 11.0 Å². The highest BCUT2D eigenvalue weighted by atomic mass is 35.5. The molecule has 0 spiro atoms. The smallest absolute Gasteiger partial charge is 0.136 e. The van der Waals surface area contributed by atoms with Crippen LogP contribution in [0.15, 0.2) is 18.5 Å². The first kappa shape index (κ1) is 13.9. The first-order valence-corrected chi connectivity index (χ1v) is 6.63. The maximum absolute atomic E-state index is 6.24. The Labute approximate surface area is 119 Å². The van der Waals surface area contributed by atoms with Crippen molar-refractivity contribution in [2.75, 3.05) is 0 Å². The minimum atomic E-state index is -0.136. The molecular formula is C15H18ClN3. The van der Waals surface area contributed by atoms with Gasteiger partial charge in [-0.15, -0.1) is 0 Å². The third kappa shape index (κ3) is 2.92. The van der Waals surface area contributed by atoms with Gasteiger partial charge in [0.15, 0.2) is 0 Å². The summed E-state index contributed by atoms with van der Waals surface area (Å²) >= 11 is 6.24. The van der Waals surface area contributed by atoms with Crippen molar-refractivity contribution in [2.24, 2.45) is 0 Å². The van der Waals surface area contributed by atoms with Crippen LogP contribution in [-0.2, 0) is 5.41 Å². The fraction of sp³-hybridized carbons (Fsp3) is 0.400. The van der Waals surface area contributed by atoms with Crippen LogP contribution in [0.5, 0.6) is 0 Å². The molecule has 2 rings (SSSR count). The molecule has 0 fully saturated rings. The number of aryl methyl sites for hydroxylation is 1. The Kier molecular flexibility index (Phi) is 3.59. The Bertz CT molecular complexity index is 615. The highest BCUT2D eigenvalue weighted by molar-refractivity contribution is 6.30. The molecule has 100 valence electrons. The van der Waals surface area contributed by atoms with Gasteiger partial charge in [-0.05, 0) is 25.5 Å². The molecule has 2 heterocycles. The fourth-order valence-corrected chi connectivity index (χ4v) is 1.96. The van der Waals surface area contributed by atoms with Crippen LogP contribution < -0.4 is 0 Å². The van der Waals surface area contributed by atoms with Crippen LogP contribution >= 0.6 is 11.6 Å². The molecule has 0 amide bonds. The molecule has 0 aliphatic heterocycles. The van der Waals surface area contributed by atoms with E-state index in [0.717, 1.165) is 28.2 Å². The summed E-state index contributed by atoms with van der Waals surface area (Å²) in [6.07, 6.45) is 3.64. The summed E-state index contributed by atoms with van der Waals surface area (Å²) in [5.41, 5.74) is 3.70. The molecule has 0 radical (unpaired) electrons. The molecule has 0 atom stereocenters. The molecule has 0 unspecified atom stereocenters. The van der Waals surface area contributed by atoms with Crippen LogP contribution in [0.25, 0.3) is 11.3 Å². The zero-order valence-electron chi connectivity index (χ0n) is 12.0. The van der Waals surface area contributed by atoms with Crippen molar-refractivity contribution in [2.45, 2.75) is 40.0 Å². The zero-order valence-corrected chi connectivity index (χ0v) is 12.7. The first-order chi connectivity index (χ1) is 8.79. The average molecular weight is 276 g/mol. The van der Waals surface area contributed by atoms with Gasteiger partial charge in [0.2, 0.25) is 0 Å². The molecule has 19 heavy (non-hydrogen) atoms. The lowest BCUT2D eigenvalue weighted by Crippen LogP contribution is -2.17. The summed E-state index contributed by atoms with van der Waals surface area (Å²) in [4.78, 5) is 13.3. The minimum absolute atomic E-state index is 0.136. The maximum atomic E-state index is 6.24. The number of aromatic nitrogens is 3. The second kappa shape index (κ2) is 4.89. The van der Waals surface area contributed by atoms with Crippen LogP contribution in [0.4, 0.5) is 0 Å². The predicted molar refractivity (Wildman–Crippen MR) is 78.4 cm³/mol. The van der Waals surface area contributed by atoms with Gasteiger partial charge in [0.05, 0.1) is 5.69 Å². The third-order valence-electron chi connectivity index (χ3n) is 2.91. The van der Waals surface area contributed by atoms with Crippen molar-refractivity contribution in [1.82, 2.24) is 15.0 Å². The molecule has 3 nitrogen and oxygen atoms in total. The fourth-order valence-electron chi connectivity index (χ4n) is 1.79. The summed E-state index contributed by atoms with van der Waals surface area (Å²) in [7, 11) is 0. The van der Waals surface area contributed by atoms with Gasteiger partial charge >= 0.3 is 0 Å². The van der Waals surface area contributed by atoms with Crippen molar-refractivity contribution < 1.29 is 0 Å². The predicted octanol–water partition coefficient (Wildman–Crippen LogP) is 4.11. The topological polar surface area (TPSA) is 38.7 Å². The van der Waals surface area contributed by atoms with E-state index in [0.29, 0.717) is 5.15 Å². The second-order valence-electron chi connectivity index (χ2n) is 5.81. The summed E-state index contributed by atoms with van der Waals surface area (Å²) in [6.45, 7) is 10.2. The maximum Gasteiger partial charge on any atom is 0.136 e. The van der Waals surface area contributed by atoms with E-state index in [9.17, 15) is 0 Å². The van der Waals surface area contributed by atoms with E-state index in [4.69, 9.17) is 11.6 Å². The molecule has 2 aromatic rings. The van der Waals surface area contributed by atoms with Gasteiger partial charge < -0.3 is 0 Å². The van der Waals surface area contributed by atoms with Crippen molar-refractivity contribution in [3.05, 3.63) is 40.6 Å². The molecule has 0 saturated heterocycles. The van der Waals surface area contributed by atoms with Gasteiger partial charge in [-0.2, -0.15) is 0 Å². The van der Waals surface area contributed by atoms with E-state index in [-0.39, 0.29) is 5.41 Å². The number of halogens is 1. The van der Waals surface area contributed by atoms with E-state index in [1.807, 2.05) is 26.2 Å². The lowest BCUT2D eigenvalue weighted by molar-refractivity contribution is 0.545. The van der Waals surface area contributed by atoms with E-state index < -0.39 is 0 Å². The molecule has 0 aliphatic carbocycles. The highest BCUT2D eigenvalue weighted by Crippen LogP contribution is 2.29. The lowest BCUT2D eigenvalue weighted by atomic mass is 9.95. The summed E-state index contributed by atoms with van der Waals surface area (Å²) in [6, 6.07) is 2.06. The number of nitrogens with zero attached hydrogens (tertiary/aromatic N) is 3. The molecule has 2 aromatic heterocycles. The Hall–Kier alpha value is -1.48. The van der Waals surface area contributed by atoms with Crippen molar-refractivity contribution >= 4 is 11.6 Å². The highest BCUT2D eigenvalue weighted by Gasteiger charge is 2.21. The van der Waals surface area contributed by atoms with Gasteiger partial charge in [0.25, 0.3) is 0 Å². The summed E-state index contributed by atoms with van der Waals surface area (Å²) in [5.74, 6) is 0.750. The van der Waals surface area contributed by atoms with Crippen LogP contribution in [0.1, 0.15) is 37.7 Å². The van der Waals surface area contributed by atoms with E-state index >= 15 is 0 Å². The standard InChI is InChI=1S/C15H18ClN3/c1-9-6-11(8-17-7-9)12-10(2)13(16)19-14(18-12)15(3,4)5/h6-8H,1-5H3. The van der Waals surface area contributed by atoms with Gasteiger partial charge in [0, 0.05) is 28.9 Å². The number of hydrogen-bond donors (Lipinski definition) is 0. The Morgan fingerprint density at radius 2 is 1.74 bits per heavy atom. The molecule has 4 heteroatoms. The molecular weight excluding hydrogens is 258 g/mol. The normalized spacial score (nSPS) is 11.7. The lowest BCUT2D eigenvalue weighted by Gasteiger charge is -2.19. The monoisotopic (exact) mass is 275 g/mol. The Morgan fingerprint density at radius 1 is 1.05 bits per heavy atom. The second-order valence-corrected chi connectivity index (χ2v) is 6.17. The summed E-state index contributed by atoms with van der Waals surface area (Å²) < 4.78 is 0. The minimum Gasteiger partial charge on any atom is -0.264 e. The third-order valence-corrected chi connectivity index (χ3v) is 3.27. The number of hydrogen-bond acceptors (Lipinski definition) is 3. The SMILES string of the molecule is Cc1cncc(-c2nc(C(C)(C)C)nc(Cl)c2C)c1. The quantitative estimate of drug-likeness (QED) is 0.735. The number of rotatable bonds is 1. The molecule has 0 aliphatic rings. The van der Waals surface area contributed by atoms with E-state index in [1.165, 1.54) is 0 Å². The van der Waals surface area contributed by atoms with Crippen molar-refractivity contribution in [3.63, 3.8) is 0 Å². The van der Waals surface area contributed by atoms with Crippen LogP contribution in [0, 0.1) is 13.8 Å².